The second-order valence-corrected chi connectivity index (χ2v) is 6.06. The Morgan fingerprint density at radius 3 is 2.85 bits per heavy atom. The Morgan fingerprint density at radius 1 is 1.45 bits per heavy atom. The van der Waals surface area contributed by atoms with Gasteiger partial charge in [-0.15, -0.1) is 0 Å². The van der Waals surface area contributed by atoms with E-state index < -0.39 is 5.97 Å². The highest BCUT2D eigenvalue weighted by Gasteiger charge is 2.31. The van der Waals surface area contributed by atoms with Crippen molar-refractivity contribution < 1.29 is 9.90 Å². The number of benzene rings is 1. The number of carbonyl (C=O) groups is 1. The minimum Gasteiger partial charge on any atom is -0.481 e. The van der Waals surface area contributed by atoms with E-state index in [0.717, 1.165) is 22.2 Å². The van der Waals surface area contributed by atoms with E-state index in [1.54, 1.807) is 0 Å². The Bertz CT molecular complexity index is 672. The second kappa shape index (κ2) is 4.63. The molecule has 4 heteroatoms. The minimum absolute atomic E-state index is 0.198. The zero-order valence-corrected chi connectivity index (χ0v) is 11.8. The summed E-state index contributed by atoms with van der Waals surface area (Å²) in [6, 6.07) is 6.19. The van der Waals surface area contributed by atoms with Crippen LogP contribution in [0.4, 0.5) is 0 Å². The maximum Gasteiger partial charge on any atom is 0.306 e. The van der Waals surface area contributed by atoms with Crippen LogP contribution in [0.2, 0.25) is 0 Å². The number of carboxylic acid groups (broad SMARTS) is 1. The highest BCUT2D eigenvalue weighted by atomic mass is 16.4. The van der Waals surface area contributed by atoms with E-state index in [1.807, 2.05) is 0 Å². The maximum atomic E-state index is 11.2. The van der Waals surface area contributed by atoms with Crippen LogP contribution < -0.4 is 5.73 Å². The number of aromatic nitrogens is 1. The van der Waals surface area contributed by atoms with Gasteiger partial charge in [-0.2, -0.15) is 0 Å². The number of nitrogens with two attached hydrogens (primary N) is 1. The SMILES string of the molecule is CC(C)c1ccc2[nH]c3c(c2c1)C(N)CC(C(=O)O)C3. The summed E-state index contributed by atoms with van der Waals surface area (Å²) >= 11 is 0. The van der Waals surface area contributed by atoms with E-state index in [1.165, 1.54) is 5.56 Å². The molecule has 3 rings (SSSR count). The van der Waals surface area contributed by atoms with Gasteiger partial charge in [0.15, 0.2) is 0 Å². The summed E-state index contributed by atoms with van der Waals surface area (Å²) in [6.45, 7) is 4.33. The van der Waals surface area contributed by atoms with Gasteiger partial charge in [0, 0.05) is 29.1 Å². The molecule has 0 aliphatic heterocycles. The molecule has 1 heterocycles. The third-order valence-electron chi connectivity index (χ3n) is 4.32. The summed E-state index contributed by atoms with van der Waals surface area (Å²) in [7, 11) is 0. The van der Waals surface area contributed by atoms with Gasteiger partial charge in [0.25, 0.3) is 0 Å². The molecule has 2 atom stereocenters. The molecule has 0 spiro atoms. The molecule has 1 aliphatic rings. The fourth-order valence-corrected chi connectivity index (χ4v) is 3.17. The highest BCUT2D eigenvalue weighted by molar-refractivity contribution is 5.87. The van der Waals surface area contributed by atoms with Gasteiger partial charge in [-0.1, -0.05) is 19.9 Å². The van der Waals surface area contributed by atoms with Crippen molar-refractivity contribution >= 4 is 16.9 Å². The average Bonchev–Trinajstić information content (AvgIpc) is 2.75. The van der Waals surface area contributed by atoms with Crippen LogP contribution in [0.5, 0.6) is 0 Å². The first-order chi connectivity index (χ1) is 9.47. The molecule has 1 aromatic carbocycles. The van der Waals surface area contributed by atoms with Gasteiger partial charge in [-0.05, 0) is 35.6 Å². The topological polar surface area (TPSA) is 79.1 Å². The van der Waals surface area contributed by atoms with Crippen molar-refractivity contribution in [3.05, 3.63) is 35.0 Å². The molecular weight excluding hydrogens is 252 g/mol. The smallest absolute Gasteiger partial charge is 0.306 e. The Labute approximate surface area is 118 Å². The number of H-pyrrole nitrogens is 1. The van der Waals surface area contributed by atoms with Crippen LogP contribution in [-0.2, 0) is 11.2 Å². The summed E-state index contributed by atoms with van der Waals surface area (Å²) in [6.07, 6.45) is 1.06. The molecule has 0 radical (unpaired) electrons. The first-order valence-electron chi connectivity index (χ1n) is 7.10. The molecule has 0 bridgehead atoms. The fraction of sp³-hybridized carbons (Fsp3) is 0.438. The average molecular weight is 272 g/mol. The van der Waals surface area contributed by atoms with Crippen LogP contribution in [0, 0.1) is 5.92 Å². The van der Waals surface area contributed by atoms with Crippen molar-refractivity contribution in [3.63, 3.8) is 0 Å². The van der Waals surface area contributed by atoms with E-state index in [-0.39, 0.29) is 12.0 Å². The molecule has 4 nitrogen and oxygen atoms in total. The molecule has 0 saturated carbocycles. The molecule has 1 aliphatic carbocycles. The number of nitrogens with one attached hydrogen (secondary N) is 1. The second-order valence-electron chi connectivity index (χ2n) is 6.06. The van der Waals surface area contributed by atoms with Gasteiger partial charge in [-0.25, -0.2) is 0 Å². The number of aromatic amines is 1. The zero-order valence-electron chi connectivity index (χ0n) is 11.8. The van der Waals surface area contributed by atoms with E-state index in [0.29, 0.717) is 18.8 Å². The summed E-state index contributed by atoms with van der Waals surface area (Å²) in [5, 5.41) is 10.4. The minimum atomic E-state index is -0.757. The van der Waals surface area contributed by atoms with Crippen molar-refractivity contribution in [2.75, 3.05) is 0 Å². The quantitative estimate of drug-likeness (QED) is 0.786. The Kier molecular flexibility index (Phi) is 3.05. The lowest BCUT2D eigenvalue weighted by molar-refractivity contribution is -0.142. The molecule has 20 heavy (non-hydrogen) atoms. The predicted octanol–water partition coefficient (Wildman–Crippen LogP) is 2.94. The van der Waals surface area contributed by atoms with Gasteiger partial charge in [0.2, 0.25) is 0 Å². The van der Waals surface area contributed by atoms with Crippen molar-refractivity contribution in [1.29, 1.82) is 0 Å². The Hall–Kier alpha value is -1.81. The third kappa shape index (κ3) is 2.00. The van der Waals surface area contributed by atoms with Crippen molar-refractivity contribution in [3.8, 4) is 0 Å². The number of carboxylic acids is 1. The molecule has 2 aromatic rings. The number of aliphatic carboxylic acids is 1. The van der Waals surface area contributed by atoms with Gasteiger partial charge >= 0.3 is 5.97 Å². The molecule has 0 saturated heterocycles. The largest absolute Gasteiger partial charge is 0.481 e. The lowest BCUT2D eigenvalue weighted by atomic mass is 9.83. The molecule has 106 valence electrons. The normalized spacial score (nSPS) is 22.2. The van der Waals surface area contributed by atoms with E-state index in [2.05, 4.69) is 37.0 Å². The summed E-state index contributed by atoms with van der Waals surface area (Å²) < 4.78 is 0. The molecule has 2 unspecified atom stereocenters. The highest BCUT2D eigenvalue weighted by Crippen LogP contribution is 2.37. The molecular formula is C16H20N2O2. The molecule has 0 fully saturated rings. The molecule has 1 aromatic heterocycles. The Balaban J connectivity index is 2.13. The van der Waals surface area contributed by atoms with Crippen LogP contribution in [0.15, 0.2) is 18.2 Å². The van der Waals surface area contributed by atoms with Gasteiger partial charge in [0.05, 0.1) is 5.92 Å². The van der Waals surface area contributed by atoms with Crippen molar-refractivity contribution in [1.82, 2.24) is 4.98 Å². The monoisotopic (exact) mass is 272 g/mol. The van der Waals surface area contributed by atoms with Crippen molar-refractivity contribution in [2.45, 2.75) is 38.6 Å². The first-order valence-corrected chi connectivity index (χ1v) is 7.10. The molecule has 4 N–H and O–H groups in total. The number of hydrogen-bond donors (Lipinski definition) is 3. The van der Waals surface area contributed by atoms with E-state index >= 15 is 0 Å². The maximum absolute atomic E-state index is 11.2. The standard InChI is InChI=1S/C16H20N2O2/c1-8(2)9-3-4-13-11(5-9)15-12(17)6-10(16(19)20)7-14(15)18-13/h3-5,8,10,12,18H,6-7,17H2,1-2H3,(H,19,20). The summed E-state index contributed by atoms with van der Waals surface area (Å²) in [4.78, 5) is 14.6. The fourth-order valence-electron chi connectivity index (χ4n) is 3.17. The van der Waals surface area contributed by atoms with E-state index in [9.17, 15) is 9.90 Å². The number of hydrogen-bond acceptors (Lipinski definition) is 2. The third-order valence-corrected chi connectivity index (χ3v) is 4.32. The van der Waals surface area contributed by atoms with Crippen LogP contribution in [0.1, 0.15) is 49.0 Å². The predicted molar refractivity (Wildman–Crippen MR) is 78.8 cm³/mol. The van der Waals surface area contributed by atoms with Gasteiger partial charge in [0.1, 0.15) is 0 Å². The number of rotatable bonds is 2. The van der Waals surface area contributed by atoms with Crippen LogP contribution in [0.3, 0.4) is 0 Å². The lowest BCUT2D eigenvalue weighted by Gasteiger charge is -2.24. The van der Waals surface area contributed by atoms with Crippen LogP contribution in [0.25, 0.3) is 10.9 Å². The van der Waals surface area contributed by atoms with Gasteiger partial charge in [-0.3, -0.25) is 4.79 Å². The van der Waals surface area contributed by atoms with E-state index in [4.69, 9.17) is 5.73 Å². The van der Waals surface area contributed by atoms with Crippen LogP contribution >= 0.6 is 0 Å². The van der Waals surface area contributed by atoms with Gasteiger partial charge < -0.3 is 15.8 Å². The number of fused-ring (bicyclic) bond motifs is 3. The van der Waals surface area contributed by atoms with Crippen LogP contribution in [-0.4, -0.2) is 16.1 Å². The molecule has 0 amide bonds. The summed E-state index contributed by atoms with van der Waals surface area (Å²) in [5.74, 6) is -0.667. The lowest BCUT2D eigenvalue weighted by Crippen LogP contribution is -2.28. The zero-order chi connectivity index (χ0) is 14.4. The Morgan fingerprint density at radius 2 is 2.20 bits per heavy atom. The first kappa shape index (κ1) is 13.2. The summed E-state index contributed by atoms with van der Waals surface area (Å²) in [5.41, 5.74) is 10.7. The van der Waals surface area contributed by atoms with Crippen molar-refractivity contribution in [2.24, 2.45) is 11.7 Å².